The molecular formula is C11H12Cl3NO4S. The van der Waals surface area contributed by atoms with Gasteiger partial charge < -0.3 is 4.74 Å². The molecule has 0 saturated carbocycles. The summed E-state index contributed by atoms with van der Waals surface area (Å²) in [5.41, 5.74) is 0. The van der Waals surface area contributed by atoms with E-state index in [9.17, 15) is 13.2 Å². The summed E-state index contributed by atoms with van der Waals surface area (Å²) < 4.78 is 30.2. The van der Waals surface area contributed by atoms with E-state index in [4.69, 9.17) is 39.5 Å². The molecule has 0 unspecified atom stereocenters. The molecule has 20 heavy (non-hydrogen) atoms. The maximum atomic E-state index is 12.3. The quantitative estimate of drug-likeness (QED) is 0.757. The predicted molar refractivity (Wildman–Crippen MR) is 77.9 cm³/mol. The van der Waals surface area contributed by atoms with Gasteiger partial charge in [0.2, 0.25) is 10.0 Å². The van der Waals surface area contributed by atoms with Gasteiger partial charge >= 0.3 is 5.97 Å². The fourth-order valence-electron chi connectivity index (χ4n) is 1.40. The molecule has 0 heterocycles. The number of benzene rings is 1. The van der Waals surface area contributed by atoms with E-state index >= 15 is 0 Å². The minimum Gasteiger partial charge on any atom is -0.465 e. The number of nitrogens with zero attached hydrogens (tertiary/aromatic N) is 1. The normalized spacial score (nSPS) is 11.7. The van der Waals surface area contributed by atoms with Crippen LogP contribution in [0.5, 0.6) is 0 Å². The lowest BCUT2D eigenvalue weighted by molar-refractivity contribution is -0.143. The first kappa shape index (κ1) is 17.5. The molecule has 0 aliphatic heterocycles. The van der Waals surface area contributed by atoms with Crippen LogP contribution in [0.1, 0.15) is 6.92 Å². The van der Waals surface area contributed by atoms with E-state index in [2.05, 4.69) is 0 Å². The molecule has 0 amide bonds. The molecule has 0 radical (unpaired) electrons. The number of esters is 1. The lowest BCUT2D eigenvalue weighted by Gasteiger charge is -2.18. The van der Waals surface area contributed by atoms with Gasteiger partial charge in [0, 0.05) is 12.1 Å². The van der Waals surface area contributed by atoms with Gasteiger partial charge in [-0.05, 0) is 19.1 Å². The van der Waals surface area contributed by atoms with Crippen LogP contribution in [0, 0.1) is 0 Å². The van der Waals surface area contributed by atoms with E-state index < -0.39 is 22.5 Å². The van der Waals surface area contributed by atoms with Crippen molar-refractivity contribution in [2.45, 2.75) is 11.8 Å². The molecule has 5 nitrogen and oxygen atoms in total. The highest BCUT2D eigenvalue weighted by molar-refractivity contribution is 7.89. The molecular weight excluding hydrogens is 349 g/mol. The summed E-state index contributed by atoms with van der Waals surface area (Å²) in [6, 6.07) is 2.53. The molecule has 1 aromatic rings. The SMILES string of the molecule is CCOC(=O)CN(C)S(=O)(=O)c1c(Cl)cc(Cl)cc1Cl. The Morgan fingerprint density at radius 3 is 2.20 bits per heavy atom. The second kappa shape index (κ2) is 6.95. The van der Waals surface area contributed by atoms with Gasteiger partial charge in [-0.15, -0.1) is 0 Å². The Balaban J connectivity index is 3.14. The number of carbonyl (C=O) groups excluding carboxylic acids is 1. The number of ether oxygens (including phenoxy) is 1. The van der Waals surface area contributed by atoms with Crippen LogP contribution >= 0.6 is 34.8 Å². The average Bonchev–Trinajstić information content (AvgIpc) is 2.26. The molecule has 0 spiro atoms. The number of halogens is 3. The van der Waals surface area contributed by atoms with Crippen molar-refractivity contribution in [3.05, 3.63) is 27.2 Å². The minimum absolute atomic E-state index is 0.113. The molecule has 0 aliphatic rings. The summed E-state index contributed by atoms with van der Waals surface area (Å²) in [6.07, 6.45) is 0. The third kappa shape index (κ3) is 3.99. The zero-order valence-corrected chi connectivity index (χ0v) is 13.8. The Hall–Kier alpha value is -0.530. The molecule has 1 rings (SSSR count). The van der Waals surface area contributed by atoms with E-state index in [-0.39, 0.29) is 26.6 Å². The predicted octanol–water partition coefficient (Wildman–Crippen LogP) is 2.83. The number of rotatable bonds is 5. The third-order valence-corrected chi connectivity index (χ3v) is 5.23. The fraction of sp³-hybridized carbons (Fsp3) is 0.364. The molecule has 0 atom stereocenters. The van der Waals surface area contributed by atoms with Crippen LogP contribution in [-0.4, -0.2) is 38.9 Å². The molecule has 0 bridgehead atoms. The molecule has 0 fully saturated rings. The summed E-state index contributed by atoms with van der Waals surface area (Å²) in [7, 11) is -2.79. The van der Waals surface area contributed by atoms with Crippen molar-refractivity contribution in [2.75, 3.05) is 20.2 Å². The van der Waals surface area contributed by atoms with Gasteiger partial charge in [-0.1, -0.05) is 34.8 Å². The lowest BCUT2D eigenvalue weighted by Crippen LogP contribution is -2.33. The van der Waals surface area contributed by atoms with Crippen molar-refractivity contribution in [3.8, 4) is 0 Å². The van der Waals surface area contributed by atoms with Crippen LogP contribution in [-0.2, 0) is 19.6 Å². The lowest BCUT2D eigenvalue weighted by atomic mass is 10.4. The summed E-state index contributed by atoms with van der Waals surface area (Å²) in [6.45, 7) is 1.35. The van der Waals surface area contributed by atoms with Crippen molar-refractivity contribution in [3.63, 3.8) is 0 Å². The van der Waals surface area contributed by atoms with E-state index in [1.165, 1.54) is 19.2 Å². The van der Waals surface area contributed by atoms with Crippen molar-refractivity contribution >= 4 is 50.8 Å². The Bertz CT molecular complexity index is 595. The molecule has 112 valence electrons. The van der Waals surface area contributed by atoms with Crippen LogP contribution in [0.3, 0.4) is 0 Å². The standard InChI is InChI=1S/C11H12Cl3NO4S/c1-3-19-10(16)6-15(2)20(17,18)11-8(13)4-7(12)5-9(11)14/h4-5H,3,6H2,1-2H3. The number of hydrogen-bond donors (Lipinski definition) is 0. The van der Waals surface area contributed by atoms with Gasteiger partial charge in [-0.25, -0.2) is 8.42 Å². The molecule has 0 saturated heterocycles. The Labute approximate surface area is 132 Å². The van der Waals surface area contributed by atoms with Crippen molar-refractivity contribution in [1.82, 2.24) is 4.31 Å². The van der Waals surface area contributed by atoms with E-state index in [1.807, 2.05) is 0 Å². The average molecular weight is 361 g/mol. The first-order valence-corrected chi connectivity index (χ1v) is 8.04. The molecule has 0 aliphatic carbocycles. The summed E-state index contributed by atoms with van der Waals surface area (Å²) in [4.78, 5) is 11.0. The van der Waals surface area contributed by atoms with E-state index in [0.717, 1.165) is 4.31 Å². The topological polar surface area (TPSA) is 63.7 Å². The van der Waals surface area contributed by atoms with Crippen LogP contribution < -0.4 is 0 Å². The maximum Gasteiger partial charge on any atom is 0.321 e. The molecule has 0 aromatic heterocycles. The fourth-order valence-corrected chi connectivity index (χ4v) is 4.00. The van der Waals surface area contributed by atoms with E-state index in [0.29, 0.717) is 0 Å². The third-order valence-electron chi connectivity index (χ3n) is 2.29. The van der Waals surface area contributed by atoms with Crippen LogP contribution in [0.15, 0.2) is 17.0 Å². The number of carbonyl (C=O) groups is 1. The molecule has 9 heteroatoms. The highest BCUT2D eigenvalue weighted by Crippen LogP contribution is 2.34. The molecule has 1 aromatic carbocycles. The van der Waals surface area contributed by atoms with Crippen molar-refractivity contribution < 1.29 is 17.9 Å². The summed E-state index contributed by atoms with van der Waals surface area (Å²) in [5.74, 6) is -0.667. The van der Waals surface area contributed by atoms with Gasteiger partial charge in [0.1, 0.15) is 11.4 Å². The largest absolute Gasteiger partial charge is 0.465 e. The van der Waals surface area contributed by atoms with Gasteiger partial charge in [0.25, 0.3) is 0 Å². The zero-order valence-electron chi connectivity index (χ0n) is 10.7. The van der Waals surface area contributed by atoms with E-state index in [1.54, 1.807) is 6.92 Å². The van der Waals surface area contributed by atoms with Crippen molar-refractivity contribution in [1.29, 1.82) is 0 Å². The Morgan fingerprint density at radius 1 is 1.25 bits per heavy atom. The number of likely N-dealkylation sites (N-methyl/N-ethyl adjacent to an activating group) is 1. The van der Waals surface area contributed by atoms with Crippen LogP contribution in [0.2, 0.25) is 15.1 Å². The minimum atomic E-state index is -4.02. The molecule has 0 N–H and O–H groups in total. The highest BCUT2D eigenvalue weighted by Gasteiger charge is 2.28. The van der Waals surface area contributed by atoms with Gasteiger partial charge in [0.05, 0.1) is 16.7 Å². The van der Waals surface area contributed by atoms with Gasteiger partial charge in [-0.3, -0.25) is 4.79 Å². The smallest absolute Gasteiger partial charge is 0.321 e. The first-order chi connectivity index (χ1) is 9.20. The Morgan fingerprint density at radius 2 is 1.75 bits per heavy atom. The second-order valence-electron chi connectivity index (χ2n) is 3.76. The van der Waals surface area contributed by atoms with Crippen LogP contribution in [0.25, 0.3) is 0 Å². The number of hydrogen-bond acceptors (Lipinski definition) is 4. The van der Waals surface area contributed by atoms with Crippen LogP contribution in [0.4, 0.5) is 0 Å². The van der Waals surface area contributed by atoms with Gasteiger partial charge in [0.15, 0.2) is 0 Å². The zero-order chi connectivity index (χ0) is 15.5. The highest BCUT2D eigenvalue weighted by atomic mass is 35.5. The number of sulfonamides is 1. The van der Waals surface area contributed by atoms with Gasteiger partial charge in [-0.2, -0.15) is 4.31 Å². The summed E-state index contributed by atoms with van der Waals surface area (Å²) in [5, 5.41) is -0.0107. The first-order valence-electron chi connectivity index (χ1n) is 5.46. The monoisotopic (exact) mass is 359 g/mol. The Kier molecular flexibility index (Phi) is 6.09. The second-order valence-corrected chi connectivity index (χ2v) is 7.00. The van der Waals surface area contributed by atoms with Crippen molar-refractivity contribution in [2.24, 2.45) is 0 Å². The maximum absolute atomic E-state index is 12.3. The summed E-state index contributed by atoms with van der Waals surface area (Å²) >= 11 is 17.5.